The van der Waals surface area contributed by atoms with Gasteiger partial charge in [0, 0.05) is 19.7 Å². The first-order valence-electron chi connectivity index (χ1n) is 6.99. The highest BCUT2D eigenvalue weighted by molar-refractivity contribution is 5.83. The molecule has 1 amide bonds. The van der Waals surface area contributed by atoms with Crippen LogP contribution in [0, 0.1) is 6.92 Å². The molecular weight excluding hydrogens is 327 g/mol. The van der Waals surface area contributed by atoms with Crippen LogP contribution in [0.5, 0.6) is 0 Å². The van der Waals surface area contributed by atoms with Gasteiger partial charge in [-0.05, 0) is 6.92 Å². The molecule has 2 heterocycles. The topological polar surface area (TPSA) is 96.8 Å². The van der Waals surface area contributed by atoms with E-state index in [4.69, 9.17) is 0 Å². The van der Waals surface area contributed by atoms with E-state index < -0.39 is 11.7 Å². The molecule has 11 heteroatoms. The third kappa shape index (κ3) is 3.73. The second-order valence-corrected chi connectivity index (χ2v) is 4.77. The Hall–Kier alpha value is -2.85. The third-order valence-electron chi connectivity index (χ3n) is 3.14. The molecule has 0 bridgehead atoms. The molecule has 0 aliphatic carbocycles. The number of hydrogen-bond donors (Lipinski definition) is 3. The Morgan fingerprint density at radius 2 is 2.04 bits per heavy atom. The fourth-order valence-corrected chi connectivity index (χ4v) is 1.80. The van der Waals surface area contributed by atoms with Crippen LogP contribution in [-0.4, -0.2) is 32.8 Å². The van der Waals surface area contributed by atoms with Gasteiger partial charge in [0.15, 0.2) is 0 Å². The molecule has 0 aliphatic rings. The van der Waals surface area contributed by atoms with Crippen molar-refractivity contribution in [1.82, 2.24) is 19.9 Å². The van der Waals surface area contributed by atoms with Crippen LogP contribution in [0.15, 0.2) is 12.4 Å². The predicted octanol–water partition coefficient (Wildman–Crippen LogP) is 2.27. The van der Waals surface area contributed by atoms with Gasteiger partial charge >= 0.3 is 6.18 Å². The van der Waals surface area contributed by atoms with Crippen LogP contribution >= 0.6 is 0 Å². The van der Waals surface area contributed by atoms with Crippen LogP contribution < -0.4 is 16.1 Å². The van der Waals surface area contributed by atoms with Crippen molar-refractivity contribution >= 4 is 23.4 Å². The van der Waals surface area contributed by atoms with Crippen LogP contribution in [0.4, 0.5) is 30.6 Å². The number of alkyl halides is 3. The fourth-order valence-electron chi connectivity index (χ4n) is 1.80. The monoisotopic (exact) mass is 343 g/mol. The number of hydrogen-bond acceptors (Lipinski definition) is 6. The normalized spacial score (nSPS) is 11.2. The molecule has 8 nitrogen and oxygen atoms in total. The van der Waals surface area contributed by atoms with Crippen molar-refractivity contribution in [2.24, 2.45) is 0 Å². The molecular formula is C13H16F3N7O. The second-order valence-electron chi connectivity index (χ2n) is 4.77. The molecule has 0 spiro atoms. The standard InChI is InChI=1S/C13H16F3N7O/c1-4-10(24)22-23-7(2)9(6-19-23)20-12-18-5-8(13(14,15)16)11(17-3)21-12/h5-6H,4H2,1-3H3,(H,22,24)(H2,17,18,20,21). The Morgan fingerprint density at radius 1 is 1.33 bits per heavy atom. The Morgan fingerprint density at radius 3 is 2.62 bits per heavy atom. The molecule has 2 aromatic rings. The van der Waals surface area contributed by atoms with E-state index in [1.54, 1.807) is 13.8 Å². The van der Waals surface area contributed by atoms with Crippen molar-refractivity contribution in [3.63, 3.8) is 0 Å². The number of aromatic nitrogens is 4. The first-order chi connectivity index (χ1) is 11.3. The fraction of sp³-hybridized carbons (Fsp3) is 0.385. The van der Waals surface area contributed by atoms with Crippen LogP contribution in [0.2, 0.25) is 0 Å². The first kappa shape index (κ1) is 17.5. The molecule has 0 radical (unpaired) electrons. The van der Waals surface area contributed by atoms with E-state index in [1.807, 2.05) is 0 Å². The second kappa shape index (κ2) is 6.72. The zero-order valence-corrected chi connectivity index (χ0v) is 13.2. The summed E-state index contributed by atoms with van der Waals surface area (Å²) in [6, 6.07) is 0. The molecule has 3 N–H and O–H groups in total. The lowest BCUT2D eigenvalue weighted by Gasteiger charge is -2.12. The number of carbonyl (C=O) groups excluding carboxylic acids is 1. The van der Waals surface area contributed by atoms with Gasteiger partial charge in [-0.1, -0.05) is 6.92 Å². The minimum absolute atomic E-state index is 0.0307. The summed E-state index contributed by atoms with van der Waals surface area (Å²) in [6.45, 7) is 3.37. The van der Waals surface area contributed by atoms with Gasteiger partial charge in [0.2, 0.25) is 11.9 Å². The molecule has 0 atom stereocenters. The Bertz CT molecular complexity index is 742. The first-order valence-corrected chi connectivity index (χ1v) is 6.99. The summed E-state index contributed by atoms with van der Waals surface area (Å²) in [6.07, 6.45) is -2.16. The lowest BCUT2D eigenvalue weighted by Crippen LogP contribution is -2.24. The molecule has 2 rings (SSSR count). The number of rotatable bonds is 5. The lowest BCUT2D eigenvalue weighted by atomic mass is 10.3. The van der Waals surface area contributed by atoms with Gasteiger partial charge in [-0.2, -0.15) is 28.0 Å². The van der Waals surface area contributed by atoms with Crippen LogP contribution in [0.3, 0.4) is 0 Å². The summed E-state index contributed by atoms with van der Waals surface area (Å²) in [5, 5.41) is 9.14. The van der Waals surface area contributed by atoms with E-state index in [0.29, 0.717) is 17.6 Å². The highest BCUT2D eigenvalue weighted by atomic mass is 19.4. The van der Waals surface area contributed by atoms with Crippen molar-refractivity contribution in [2.45, 2.75) is 26.4 Å². The SMILES string of the molecule is CCC(=O)Nn1ncc(Nc2ncc(C(F)(F)F)c(NC)n2)c1C. The van der Waals surface area contributed by atoms with Crippen molar-refractivity contribution in [3.05, 3.63) is 23.7 Å². The van der Waals surface area contributed by atoms with E-state index >= 15 is 0 Å². The van der Waals surface area contributed by atoms with Crippen molar-refractivity contribution < 1.29 is 18.0 Å². The van der Waals surface area contributed by atoms with Gasteiger partial charge in [0.25, 0.3) is 0 Å². The maximum absolute atomic E-state index is 12.8. The summed E-state index contributed by atoms with van der Waals surface area (Å²) in [7, 11) is 1.34. The smallest absolute Gasteiger partial charge is 0.372 e. The molecule has 0 saturated heterocycles. The van der Waals surface area contributed by atoms with Gasteiger partial charge in [-0.15, -0.1) is 0 Å². The van der Waals surface area contributed by atoms with Crippen molar-refractivity contribution in [1.29, 1.82) is 0 Å². The third-order valence-corrected chi connectivity index (χ3v) is 3.14. The average molecular weight is 343 g/mol. The number of halogens is 3. The lowest BCUT2D eigenvalue weighted by molar-refractivity contribution is -0.137. The molecule has 24 heavy (non-hydrogen) atoms. The number of nitrogens with zero attached hydrogens (tertiary/aromatic N) is 4. The van der Waals surface area contributed by atoms with Crippen LogP contribution in [0.25, 0.3) is 0 Å². The molecule has 2 aromatic heterocycles. The van der Waals surface area contributed by atoms with Gasteiger partial charge in [-0.25, -0.2) is 10.4 Å². The largest absolute Gasteiger partial charge is 0.421 e. The maximum atomic E-state index is 12.8. The quantitative estimate of drug-likeness (QED) is 0.771. The van der Waals surface area contributed by atoms with E-state index in [1.165, 1.54) is 18.0 Å². The van der Waals surface area contributed by atoms with E-state index in [0.717, 1.165) is 0 Å². The zero-order valence-electron chi connectivity index (χ0n) is 13.2. The number of nitrogens with one attached hydrogen (secondary N) is 3. The van der Waals surface area contributed by atoms with Crippen molar-refractivity contribution in [3.8, 4) is 0 Å². The molecule has 0 unspecified atom stereocenters. The molecule has 0 aromatic carbocycles. The minimum Gasteiger partial charge on any atom is -0.372 e. The summed E-state index contributed by atoms with van der Waals surface area (Å²) < 4.78 is 38.5. The van der Waals surface area contributed by atoms with Crippen LogP contribution in [-0.2, 0) is 11.0 Å². The summed E-state index contributed by atoms with van der Waals surface area (Å²) in [5.41, 5.74) is 2.58. The Kier molecular flexibility index (Phi) is 4.90. The highest BCUT2D eigenvalue weighted by Gasteiger charge is 2.35. The summed E-state index contributed by atoms with van der Waals surface area (Å²) in [5.74, 6) is -0.600. The van der Waals surface area contributed by atoms with Gasteiger partial charge in [0.1, 0.15) is 11.4 Å². The Labute approximate surface area is 135 Å². The summed E-state index contributed by atoms with van der Waals surface area (Å²) in [4.78, 5) is 20.1. The van der Waals surface area contributed by atoms with E-state index in [9.17, 15) is 18.0 Å². The predicted molar refractivity (Wildman–Crippen MR) is 81.5 cm³/mol. The highest BCUT2D eigenvalue weighted by Crippen LogP contribution is 2.33. The molecule has 130 valence electrons. The zero-order chi connectivity index (χ0) is 17.9. The van der Waals surface area contributed by atoms with E-state index in [-0.39, 0.29) is 24.1 Å². The summed E-state index contributed by atoms with van der Waals surface area (Å²) >= 11 is 0. The van der Waals surface area contributed by atoms with Crippen LogP contribution in [0.1, 0.15) is 24.6 Å². The molecule has 0 fully saturated rings. The maximum Gasteiger partial charge on any atom is 0.421 e. The van der Waals surface area contributed by atoms with Gasteiger partial charge in [-0.3, -0.25) is 4.79 Å². The average Bonchev–Trinajstić information content (AvgIpc) is 2.86. The Balaban J connectivity index is 2.24. The molecule has 0 saturated carbocycles. The van der Waals surface area contributed by atoms with Gasteiger partial charge in [0.05, 0.1) is 17.6 Å². The van der Waals surface area contributed by atoms with Gasteiger partial charge < -0.3 is 10.6 Å². The molecule has 0 aliphatic heterocycles. The van der Waals surface area contributed by atoms with Crippen molar-refractivity contribution in [2.75, 3.05) is 23.1 Å². The minimum atomic E-state index is -4.55. The number of amides is 1. The number of anilines is 3. The van der Waals surface area contributed by atoms with E-state index in [2.05, 4.69) is 31.1 Å². The number of carbonyl (C=O) groups is 1.